The van der Waals surface area contributed by atoms with E-state index in [2.05, 4.69) is 15.9 Å². The van der Waals surface area contributed by atoms with Gasteiger partial charge in [0.15, 0.2) is 5.78 Å². The van der Waals surface area contributed by atoms with Crippen LogP contribution < -0.4 is 0 Å². The van der Waals surface area contributed by atoms with Crippen molar-refractivity contribution >= 4 is 21.7 Å². The molecule has 0 N–H and O–H groups in total. The third kappa shape index (κ3) is 3.28. The molecule has 3 heteroatoms. The van der Waals surface area contributed by atoms with Crippen LogP contribution in [-0.2, 0) is 4.74 Å². The zero-order valence-corrected chi connectivity index (χ0v) is 9.00. The quantitative estimate of drug-likeness (QED) is 0.760. The SMILES string of the molecule is CCOCC(=O)c1ccc(Br)cc1. The summed E-state index contributed by atoms with van der Waals surface area (Å²) in [7, 11) is 0. The molecule has 1 aromatic rings. The van der Waals surface area contributed by atoms with Crippen molar-refractivity contribution in [3.63, 3.8) is 0 Å². The molecule has 2 nitrogen and oxygen atoms in total. The van der Waals surface area contributed by atoms with Crippen LogP contribution in [0.4, 0.5) is 0 Å². The molecule has 0 bridgehead atoms. The summed E-state index contributed by atoms with van der Waals surface area (Å²) < 4.78 is 5.99. The fraction of sp³-hybridized carbons (Fsp3) is 0.300. The van der Waals surface area contributed by atoms with E-state index in [1.807, 2.05) is 19.1 Å². The van der Waals surface area contributed by atoms with Crippen molar-refractivity contribution in [1.82, 2.24) is 0 Å². The fourth-order valence-electron chi connectivity index (χ4n) is 0.914. The standard InChI is InChI=1S/C10H11BrO2/c1-2-13-7-10(12)8-3-5-9(11)6-4-8/h3-6H,2,7H2,1H3. The number of hydrogen-bond acceptors (Lipinski definition) is 2. The van der Waals surface area contributed by atoms with Gasteiger partial charge in [-0.1, -0.05) is 28.1 Å². The van der Waals surface area contributed by atoms with Crippen molar-refractivity contribution < 1.29 is 9.53 Å². The molecule has 0 aliphatic heterocycles. The topological polar surface area (TPSA) is 26.3 Å². The van der Waals surface area contributed by atoms with E-state index >= 15 is 0 Å². The summed E-state index contributed by atoms with van der Waals surface area (Å²) in [4.78, 5) is 11.4. The van der Waals surface area contributed by atoms with Crippen LogP contribution in [0.2, 0.25) is 0 Å². The van der Waals surface area contributed by atoms with E-state index in [4.69, 9.17) is 4.74 Å². The molecule has 0 atom stereocenters. The second-order valence-corrected chi connectivity index (χ2v) is 3.48. The van der Waals surface area contributed by atoms with Gasteiger partial charge in [0.1, 0.15) is 6.61 Å². The molecule has 0 radical (unpaired) electrons. The molecule has 0 aliphatic carbocycles. The van der Waals surface area contributed by atoms with Gasteiger partial charge in [-0.15, -0.1) is 0 Å². The van der Waals surface area contributed by atoms with Gasteiger partial charge in [-0.3, -0.25) is 4.79 Å². The summed E-state index contributed by atoms with van der Waals surface area (Å²) in [5.41, 5.74) is 0.691. The Labute approximate surface area is 86.0 Å². The third-order valence-corrected chi connectivity index (χ3v) is 2.13. The molecule has 0 spiro atoms. The zero-order chi connectivity index (χ0) is 9.68. The lowest BCUT2D eigenvalue weighted by Gasteiger charge is -2.00. The predicted octanol–water partition coefficient (Wildman–Crippen LogP) is 2.67. The molecule has 0 fully saturated rings. The van der Waals surface area contributed by atoms with E-state index in [9.17, 15) is 4.79 Å². The maximum absolute atomic E-state index is 11.4. The van der Waals surface area contributed by atoms with Gasteiger partial charge >= 0.3 is 0 Å². The number of halogens is 1. The summed E-state index contributed by atoms with van der Waals surface area (Å²) in [6.45, 7) is 2.61. The maximum atomic E-state index is 11.4. The molecule has 0 unspecified atom stereocenters. The van der Waals surface area contributed by atoms with Crippen LogP contribution in [0, 0.1) is 0 Å². The number of carbonyl (C=O) groups is 1. The first kappa shape index (κ1) is 10.4. The molecule has 0 saturated carbocycles. The first-order valence-electron chi connectivity index (χ1n) is 4.10. The van der Waals surface area contributed by atoms with Gasteiger partial charge in [-0.25, -0.2) is 0 Å². The molecule has 1 aromatic carbocycles. The van der Waals surface area contributed by atoms with Crippen LogP contribution in [-0.4, -0.2) is 19.0 Å². The average Bonchev–Trinajstić information content (AvgIpc) is 2.15. The van der Waals surface area contributed by atoms with Gasteiger partial charge < -0.3 is 4.74 Å². The van der Waals surface area contributed by atoms with Gasteiger partial charge in [0, 0.05) is 16.6 Å². The van der Waals surface area contributed by atoms with Gasteiger partial charge in [0.2, 0.25) is 0 Å². The highest BCUT2D eigenvalue weighted by molar-refractivity contribution is 9.10. The van der Waals surface area contributed by atoms with E-state index in [1.165, 1.54) is 0 Å². The first-order valence-corrected chi connectivity index (χ1v) is 4.90. The summed E-state index contributed by atoms with van der Waals surface area (Å²) in [5.74, 6) is 0.0225. The van der Waals surface area contributed by atoms with Crippen molar-refractivity contribution in [2.24, 2.45) is 0 Å². The van der Waals surface area contributed by atoms with Gasteiger partial charge in [0.05, 0.1) is 0 Å². The van der Waals surface area contributed by atoms with Crippen LogP contribution in [0.1, 0.15) is 17.3 Å². The molecule has 0 heterocycles. The van der Waals surface area contributed by atoms with Gasteiger partial charge in [-0.2, -0.15) is 0 Å². The number of ether oxygens (including phenoxy) is 1. The van der Waals surface area contributed by atoms with E-state index in [0.717, 1.165) is 4.47 Å². The number of carbonyl (C=O) groups excluding carboxylic acids is 1. The fourth-order valence-corrected chi connectivity index (χ4v) is 1.18. The Morgan fingerprint density at radius 1 is 1.38 bits per heavy atom. The minimum Gasteiger partial charge on any atom is -0.374 e. The Bertz CT molecular complexity index is 279. The highest BCUT2D eigenvalue weighted by Crippen LogP contribution is 2.10. The summed E-state index contributed by atoms with van der Waals surface area (Å²) in [6, 6.07) is 7.26. The van der Waals surface area contributed by atoms with Crippen molar-refractivity contribution in [3.05, 3.63) is 34.3 Å². The lowest BCUT2D eigenvalue weighted by molar-refractivity contribution is 0.0783. The third-order valence-electron chi connectivity index (χ3n) is 1.60. The van der Waals surface area contributed by atoms with Crippen LogP contribution in [0.25, 0.3) is 0 Å². The van der Waals surface area contributed by atoms with Crippen LogP contribution in [0.15, 0.2) is 28.7 Å². The van der Waals surface area contributed by atoms with Crippen molar-refractivity contribution in [1.29, 1.82) is 0 Å². The molecule has 0 saturated heterocycles. The molecular weight excluding hydrogens is 232 g/mol. The Morgan fingerprint density at radius 3 is 2.54 bits per heavy atom. The minimum atomic E-state index is 0.0225. The number of ketones is 1. The predicted molar refractivity (Wildman–Crippen MR) is 55.0 cm³/mol. The van der Waals surface area contributed by atoms with Gasteiger partial charge in [-0.05, 0) is 19.1 Å². The monoisotopic (exact) mass is 242 g/mol. The number of Topliss-reactive ketones (excluding diaryl/α,β-unsaturated/α-hetero) is 1. The van der Waals surface area contributed by atoms with Crippen molar-refractivity contribution in [2.75, 3.05) is 13.2 Å². The second-order valence-electron chi connectivity index (χ2n) is 2.57. The number of hydrogen-bond donors (Lipinski definition) is 0. The number of benzene rings is 1. The molecule has 70 valence electrons. The lowest BCUT2D eigenvalue weighted by Crippen LogP contribution is -2.08. The molecule has 0 aliphatic rings. The normalized spacial score (nSPS) is 10.0. The zero-order valence-electron chi connectivity index (χ0n) is 7.42. The summed E-state index contributed by atoms with van der Waals surface area (Å²) in [6.07, 6.45) is 0. The Morgan fingerprint density at radius 2 is 2.00 bits per heavy atom. The van der Waals surface area contributed by atoms with E-state index in [0.29, 0.717) is 12.2 Å². The molecular formula is C10H11BrO2. The highest BCUT2D eigenvalue weighted by Gasteiger charge is 2.04. The van der Waals surface area contributed by atoms with Crippen LogP contribution in [0.5, 0.6) is 0 Å². The molecule has 0 aromatic heterocycles. The molecule has 0 amide bonds. The van der Waals surface area contributed by atoms with E-state index in [-0.39, 0.29) is 12.4 Å². The smallest absolute Gasteiger partial charge is 0.188 e. The Kier molecular flexibility index (Phi) is 4.12. The summed E-state index contributed by atoms with van der Waals surface area (Å²) >= 11 is 3.30. The Hall–Kier alpha value is -0.670. The van der Waals surface area contributed by atoms with E-state index in [1.54, 1.807) is 12.1 Å². The van der Waals surface area contributed by atoms with Crippen molar-refractivity contribution in [2.45, 2.75) is 6.92 Å². The maximum Gasteiger partial charge on any atom is 0.188 e. The largest absolute Gasteiger partial charge is 0.374 e. The van der Waals surface area contributed by atoms with Crippen molar-refractivity contribution in [3.8, 4) is 0 Å². The van der Waals surface area contributed by atoms with E-state index < -0.39 is 0 Å². The second kappa shape index (κ2) is 5.14. The first-order chi connectivity index (χ1) is 6.24. The number of rotatable bonds is 4. The highest BCUT2D eigenvalue weighted by atomic mass is 79.9. The summed E-state index contributed by atoms with van der Waals surface area (Å²) in [5, 5.41) is 0. The van der Waals surface area contributed by atoms with Crippen LogP contribution in [0.3, 0.4) is 0 Å². The molecule has 13 heavy (non-hydrogen) atoms. The van der Waals surface area contributed by atoms with Crippen LogP contribution >= 0.6 is 15.9 Å². The lowest BCUT2D eigenvalue weighted by atomic mass is 10.1. The van der Waals surface area contributed by atoms with Gasteiger partial charge in [0.25, 0.3) is 0 Å². The molecule has 1 rings (SSSR count). The Balaban J connectivity index is 2.61. The minimum absolute atomic E-state index is 0.0225. The average molecular weight is 243 g/mol.